The third-order valence-electron chi connectivity index (χ3n) is 4.74. The van der Waals surface area contributed by atoms with Crippen molar-refractivity contribution in [2.45, 2.75) is 32.1 Å². The lowest BCUT2D eigenvalue weighted by molar-refractivity contribution is 0.456. The maximum absolute atomic E-state index is 1.65. The van der Waals surface area contributed by atoms with E-state index in [0.717, 1.165) is 10.8 Å². The minimum Gasteiger partial charge on any atom is -0.0496 e. The molecule has 0 nitrogen and oxygen atoms in total. The van der Waals surface area contributed by atoms with Gasteiger partial charge in [-0.25, -0.2) is 0 Å². The van der Waals surface area contributed by atoms with E-state index in [4.69, 9.17) is 0 Å². The zero-order valence-electron chi connectivity index (χ0n) is 5.69. The number of hydrogen-bond donors (Lipinski definition) is 0. The maximum Gasteiger partial charge on any atom is -0.0199 e. The van der Waals surface area contributed by atoms with Crippen LogP contribution in [0.3, 0.4) is 0 Å². The lowest BCUT2D eigenvalue weighted by atomic mass is 10.0. The van der Waals surface area contributed by atoms with Crippen molar-refractivity contribution >= 4 is 0 Å². The van der Waals surface area contributed by atoms with Gasteiger partial charge < -0.3 is 0 Å². The fourth-order valence-electron chi connectivity index (χ4n) is 3.85. The molecule has 4 rings (SSSR count). The van der Waals surface area contributed by atoms with Crippen molar-refractivity contribution in [2.24, 2.45) is 22.7 Å². The van der Waals surface area contributed by atoms with Gasteiger partial charge in [-0.05, 0) is 54.8 Å². The molecule has 0 radical (unpaired) electrons. The average molecular weight is 120 g/mol. The van der Waals surface area contributed by atoms with E-state index < -0.39 is 0 Å². The maximum atomic E-state index is 1.65. The molecule has 4 aliphatic carbocycles. The van der Waals surface area contributed by atoms with E-state index in [9.17, 15) is 0 Å². The van der Waals surface area contributed by atoms with E-state index in [0.29, 0.717) is 0 Å². The lowest BCUT2D eigenvalue weighted by Crippen LogP contribution is -1.96. The third kappa shape index (κ3) is 0.235. The van der Waals surface area contributed by atoms with Crippen molar-refractivity contribution in [2.75, 3.05) is 0 Å². The quantitative estimate of drug-likeness (QED) is 0.459. The zero-order valence-corrected chi connectivity index (χ0v) is 5.69. The van der Waals surface area contributed by atoms with Crippen LogP contribution in [0.2, 0.25) is 0 Å². The van der Waals surface area contributed by atoms with Crippen LogP contribution in [0.15, 0.2) is 0 Å². The molecule has 0 saturated heterocycles. The van der Waals surface area contributed by atoms with Gasteiger partial charge in [-0.1, -0.05) is 0 Å². The van der Waals surface area contributed by atoms with Crippen molar-refractivity contribution < 1.29 is 0 Å². The minimum atomic E-state index is 1.00. The molecule has 0 N–H and O–H groups in total. The summed E-state index contributed by atoms with van der Waals surface area (Å²) in [4.78, 5) is 0. The molecule has 0 amide bonds. The summed E-state index contributed by atoms with van der Waals surface area (Å²) in [5, 5.41) is 0. The van der Waals surface area contributed by atoms with Gasteiger partial charge in [-0.3, -0.25) is 0 Å². The van der Waals surface area contributed by atoms with Crippen molar-refractivity contribution in [3.63, 3.8) is 0 Å². The second kappa shape index (κ2) is 0.741. The zero-order chi connectivity index (χ0) is 5.69. The van der Waals surface area contributed by atoms with Crippen LogP contribution >= 0.6 is 0 Å². The molecular formula is C9H12. The van der Waals surface area contributed by atoms with Crippen LogP contribution in [0, 0.1) is 22.7 Å². The molecule has 0 aromatic heterocycles. The van der Waals surface area contributed by atoms with E-state index in [1.807, 2.05) is 0 Å². The van der Waals surface area contributed by atoms with Gasteiger partial charge in [0.1, 0.15) is 0 Å². The van der Waals surface area contributed by atoms with Crippen LogP contribution < -0.4 is 0 Å². The average Bonchev–Trinajstić information content (AvgIpc) is 2.58. The molecule has 0 aliphatic heterocycles. The highest BCUT2D eigenvalue weighted by Gasteiger charge is 2.88. The second-order valence-electron chi connectivity index (χ2n) is 4.93. The monoisotopic (exact) mass is 120 g/mol. The van der Waals surface area contributed by atoms with Crippen LogP contribution in [-0.2, 0) is 0 Å². The standard InChI is InChI=1S/C9H12/c1-2-8-4-9(8,5-8)7-3-6(1)7/h6-7H,1-5H2. The highest BCUT2D eigenvalue weighted by Crippen LogP contribution is 2.97. The first-order chi connectivity index (χ1) is 4.36. The smallest absolute Gasteiger partial charge is 0.0199 e. The van der Waals surface area contributed by atoms with Crippen LogP contribution in [0.25, 0.3) is 0 Å². The molecule has 4 saturated carbocycles. The Kier molecular flexibility index (Phi) is 0.329. The highest BCUT2D eigenvalue weighted by atomic mass is 14.9. The van der Waals surface area contributed by atoms with Gasteiger partial charge >= 0.3 is 0 Å². The summed E-state index contributed by atoms with van der Waals surface area (Å²) in [6.45, 7) is 0. The van der Waals surface area contributed by atoms with Crippen molar-refractivity contribution in [3.8, 4) is 0 Å². The molecule has 0 bridgehead atoms. The Morgan fingerprint density at radius 3 is 2.89 bits per heavy atom. The molecule has 9 heavy (non-hydrogen) atoms. The number of rotatable bonds is 0. The number of fused-ring (bicyclic) bond motifs is 1. The summed E-state index contributed by atoms with van der Waals surface area (Å²) >= 11 is 0. The molecule has 0 heteroatoms. The second-order valence-corrected chi connectivity index (χ2v) is 4.93. The molecule has 0 heterocycles. The van der Waals surface area contributed by atoms with E-state index in [-0.39, 0.29) is 0 Å². The van der Waals surface area contributed by atoms with Gasteiger partial charge in [-0.2, -0.15) is 0 Å². The Hall–Kier alpha value is 0. The highest BCUT2D eigenvalue weighted by molar-refractivity contribution is 5.37. The van der Waals surface area contributed by atoms with E-state index in [2.05, 4.69) is 0 Å². The lowest BCUT2D eigenvalue weighted by Gasteiger charge is -2.03. The van der Waals surface area contributed by atoms with Gasteiger partial charge in [0, 0.05) is 0 Å². The first-order valence-electron chi connectivity index (χ1n) is 4.36. The molecule has 0 aromatic carbocycles. The summed E-state index contributed by atoms with van der Waals surface area (Å²) in [5.41, 5.74) is 2.03. The molecule has 2 atom stereocenters. The summed E-state index contributed by atoms with van der Waals surface area (Å²) in [7, 11) is 0. The van der Waals surface area contributed by atoms with Crippen LogP contribution in [0.1, 0.15) is 32.1 Å². The third-order valence-corrected chi connectivity index (χ3v) is 4.74. The Labute approximate surface area is 55.6 Å². The van der Waals surface area contributed by atoms with Gasteiger partial charge in [0.15, 0.2) is 0 Å². The normalized spacial score (nSPS) is 80.0. The van der Waals surface area contributed by atoms with E-state index in [1.54, 1.807) is 32.1 Å². The largest absolute Gasteiger partial charge is 0.0496 e. The van der Waals surface area contributed by atoms with Crippen LogP contribution in [0.5, 0.6) is 0 Å². The van der Waals surface area contributed by atoms with E-state index in [1.165, 1.54) is 11.8 Å². The van der Waals surface area contributed by atoms with E-state index >= 15 is 0 Å². The molecule has 4 aliphatic rings. The Bertz CT molecular complexity index is 198. The summed E-state index contributed by atoms with van der Waals surface area (Å²) in [6.07, 6.45) is 8.16. The van der Waals surface area contributed by atoms with Gasteiger partial charge in [-0.15, -0.1) is 0 Å². The van der Waals surface area contributed by atoms with Crippen LogP contribution in [-0.4, -0.2) is 0 Å². The summed E-state index contributed by atoms with van der Waals surface area (Å²) in [6, 6.07) is 0. The predicted molar refractivity (Wildman–Crippen MR) is 34.9 cm³/mol. The van der Waals surface area contributed by atoms with Crippen LogP contribution in [0.4, 0.5) is 0 Å². The number of hydrogen-bond acceptors (Lipinski definition) is 0. The first-order valence-corrected chi connectivity index (χ1v) is 4.36. The molecule has 2 unspecified atom stereocenters. The fraction of sp³-hybridized carbons (Fsp3) is 1.00. The predicted octanol–water partition coefficient (Wildman–Crippen LogP) is 2.20. The Morgan fingerprint density at radius 1 is 1.22 bits per heavy atom. The summed E-state index contributed by atoms with van der Waals surface area (Å²) < 4.78 is 0. The van der Waals surface area contributed by atoms with Gasteiger partial charge in [0.2, 0.25) is 0 Å². The van der Waals surface area contributed by atoms with Gasteiger partial charge in [0.05, 0.1) is 0 Å². The first kappa shape index (κ1) is 4.00. The molecule has 0 aromatic rings. The van der Waals surface area contributed by atoms with Gasteiger partial charge in [0.25, 0.3) is 0 Å². The van der Waals surface area contributed by atoms with Crippen molar-refractivity contribution in [1.29, 1.82) is 0 Å². The minimum absolute atomic E-state index is 1.00. The Balaban J connectivity index is 1.89. The van der Waals surface area contributed by atoms with Crippen molar-refractivity contribution in [3.05, 3.63) is 0 Å². The molecular weight excluding hydrogens is 108 g/mol. The topological polar surface area (TPSA) is 0 Å². The van der Waals surface area contributed by atoms with Crippen molar-refractivity contribution in [1.82, 2.24) is 0 Å². The Morgan fingerprint density at radius 2 is 2.11 bits per heavy atom. The fourth-order valence-corrected chi connectivity index (χ4v) is 3.85. The molecule has 4 fully saturated rings. The summed E-state index contributed by atoms with van der Waals surface area (Å²) in [5.74, 6) is 2.48. The SMILES string of the molecule is C1CC23CC2(C3)C2CC12. The molecule has 48 valence electrons. The molecule has 0 spiro atoms.